The van der Waals surface area contributed by atoms with Gasteiger partial charge >= 0.3 is 5.97 Å². The number of methoxy groups -OCH3 is 1. The van der Waals surface area contributed by atoms with Crippen LogP contribution < -0.4 is 0 Å². The standard InChI is InChI=1S/C12H20O3/c1-6-10(13)11(12(14)15-5)9(4)7-8(2)3/h8H,6-7H2,1-5H3. The number of ketones is 1. The van der Waals surface area contributed by atoms with Crippen molar-refractivity contribution in [3.05, 3.63) is 11.1 Å². The second kappa shape index (κ2) is 6.38. The summed E-state index contributed by atoms with van der Waals surface area (Å²) in [7, 11) is 1.30. The lowest BCUT2D eigenvalue weighted by atomic mass is 9.96. The summed E-state index contributed by atoms with van der Waals surface area (Å²) in [6, 6.07) is 0. The molecular formula is C12H20O3. The number of rotatable bonds is 5. The Labute approximate surface area is 91.5 Å². The van der Waals surface area contributed by atoms with E-state index in [9.17, 15) is 9.59 Å². The summed E-state index contributed by atoms with van der Waals surface area (Å²) >= 11 is 0. The third-order valence-corrected chi connectivity index (χ3v) is 2.13. The lowest BCUT2D eigenvalue weighted by molar-refractivity contribution is -0.137. The number of allylic oxidation sites excluding steroid dienone is 1. The molecule has 0 N–H and O–H groups in total. The molecule has 0 saturated carbocycles. The second-order valence-electron chi connectivity index (χ2n) is 4.02. The first-order valence-electron chi connectivity index (χ1n) is 5.25. The zero-order valence-corrected chi connectivity index (χ0v) is 10.2. The van der Waals surface area contributed by atoms with Crippen molar-refractivity contribution >= 4 is 11.8 Å². The van der Waals surface area contributed by atoms with Gasteiger partial charge in [-0.25, -0.2) is 4.79 Å². The predicted octanol–water partition coefficient (Wildman–Crippen LogP) is 2.50. The number of carbonyl (C=O) groups excluding carboxylic acids is 2. The number of esters is 1. The SMILES string of the molecule is CCC(=O)C(C(=O)OC)=C(C)CC(C)C. The molecule has 0 radical (unpaired) electrons. The second-order valence-corrected chi connectivity index (χ2v) is 4.02. The summed E-state index contributed by atoms with van der Waals surface area (Å²) < 4.78 is 4.62. The largest absolute Gasteiger partial charge is 0.465 e. The van der Waals surface area contributed by atoms with E-state index >= 15 is 0 Å². The van der Waals surface area contributed by atoms with Gasteiger partial charge in [-0.05, 0) is 19.3 Å². The van der Waals surface area contributed by atoms with Crippen LogP contribution in [0.5, 0.6) is 0 Å². The Balaban J connectivity index is 5.06. The van der Waals surface area contributed by atoms with E-state index in [1.165, 1.54) is 7.11 Å². The van der Waals surface area contributed by atoms with Crippen molar-refractivity contribution in [1.29, 1.82) is 0 Å². The van der Waals surface area contributed by atoms with E-state index in [-0.39, 0.29) is 11.4 Å². The smallest absolute Gasteiger partial charge is 0.341 e. The van der Waals surface area contributed by atoms with Gasteiger partial charge in [0.2, 0.25) is 0 Å². The van der Waals surface area contributed by atoms with Gasteiger partial charge in [0, 0.05) is 6.42 Å². The molecule has 0 bridgehead atoms. The fourth-order valence-electron chi connectivity index (χ4n) is 1.52. The maximum Gasteiger partial charge on any atom is 0.341 e. The lowest BCUT2D eigenvalue weighted by Gasteiger charge is -2.10. The van der Waals surface area contributed by atoms with E-state index in [4.69, 9.17) is 0 Å². The Hall–Kier alpha value is -1.12. The molecule has 3 heteroatoms. The maximum absolute atomic E-state index is 11.6. The van der Waals surface area contributed by atoms with E-state index in [1.54, 1.807) is 6.92 Å². The Bertz CT molecular complexity index is 257. The minimum Gasteiger partial charge on any atom is -0.465 e. The van der Waals surface area contributed by atoms with Crippen LogP contribution in [0.25, 0.3) is 0 Å². The third-order valence-electron chi connectivity index (χ3n) is 2.13. The van der Waals surface area contributed by atoms with Gasteiger partial charge in [0.1, 0.15) is 5.57 Å². The van der Waals surface area contributed by atoms with Gasteiger partial charge in [-0.15, -0.1) is 0 Å². The Kier molecular flexibility index (Phi) is 5.90. The van der Waals surface area contributed by atoms with Crippen LogP contribution >= 0.6 is 0 Å². The van der Waals surface area contributed by atoms with Crippen molar-refractivity contribution in [1.82, 2.24) is 0 Å². The van der Waals surface area contributed by atoms with Crippen molar-refractivity contribution in [2.45, 2.75) is 40.5 Å². The van der Waals surface area contributed by atoms with Gasteiger partial charge in [-0.2, -0.15) is 0 Å². The van der Waals surface area contributed by atoms with Crippen LogP contribution in [0.4, 0.5) is 0 Å². The van der Waals surface area contributed by atoms with E-state index in [1.807, 2.05) is 6.92 Å². The van der Waals surface area contributed by atoms with E-state index in [2.05, 4.69) is 18.6 Å². The van der Waals surface area contributed by atoms with Crippen molar-refractivity contribution in [2.75, 3.05) is 7.11 Å². The highest BCUT2D eigenvalue weighted by Gasteiger charge is 2.20. The molecule has 3 nitrogen and oxygen atoms in total. The minimum atomic E-state index is -0.514. The number of Topliss-reactive ketones (excluding diaryl/α,β-unsaturated/α-hetero) is 1. The van der Waals surface area contributed by atoms with Crippen LogP contribution in [0.3, 0.4) is 0 Å². The molecule has 0 atom stereocenters. The summed E-state index contributed by atoms with van der Waals surface area (Å²) in [5.74, 6) is -0.227. The van der Waals surface area contributed by atoms with Gasteiger partial charge in [0.15, 0.2) is 5.78 Å². The molecule has 0 aromatic carbocycles. The van der Waals surface area contributed by atoms with E-state index < -0.39 is 5.97 Å². The first kappa shape index (κ1) is 13.9. The molecule has 15 heavy (non-hydrogen) atoms. The van der Waals surface area contributed by atoms with Crippen molar-refractivity contribution in [2.24, 2.45) is 5.92 Å². The molecule has 0 heterocycles. The average Bonchev–Trinajstić information content (AvgIpc) is 2.16. The van der Waals surface area contributed by atoms with Crippen LogP contribution in [-0.2, 0) is 14.3 Å². The van der Waals surface area contributed by atoms with Crippen LogP contribution in [0, 0.1) is 5.92 Å². The van der Waals surface area contributed by atoms with E-state index in [0.29, 0.717) is 12.3 Å². The molecule has 0 aliphatic carbocycles. The lowest BCUT2D eigenvalue weighted by Crippen LogP contribution is -2.16. The average molecular weight is 212 g/mol. The minimum absolute atomic E-state index is 0.139. The number of hydrogen-bond acceptors (Lipinski definition) is 3. The predicted molar refractivity (Wildman–Crippen MR) is 59.5 cm³/mol. The molecular weight excluding hydrogens is 192 g/mol. The molecule has 0 aromatic rings. The third kappa shape index (κ3) is 4.28. The topological polar surface area (TPSA) is 43.4 Å². The van der Waals surface area contributed by atoms with Crippen LogP contribution in [0.1, 0.15) is 40.5 Å². The molecule has 0 unspecified atom stereocenters. The zero-order valence-electron chi connectivity index (χ0n) is 10.2. The van der Waals surface area contributed by atoms with Crippen molar-refractivity contribution in [3.8, 4) is 0 Å². The number of ether oxygens (including phenoxy) is 1. The Morgan fingerprint density at radius 2 is 1.80 bits per heavy atom. The van der Waals surface area contributed by atoms with Gasteiger partial charge in [0.25, 0.3) is 0 Å². The fraction of sp³-hybridized carbons (Fsp3) is 0.667. The van der Waals surface area contributed by atoms with Gasteiger partial charge in [0.05, 0.1) is 7.11 Å². The van der Waals surface area contributed by atoms with Gasteiger partial charge in [-0.3, -0.25) is 4.79 Å². The van der Waals surface area contributed by atoms with Crippen LogP contribution in [0.15, 0.2) is 11.1 Å². The molecule has 0 aliphatic heterocycles. The Morgan fingerprint density at radius 3 is 2.13 bits per heavy atom. The molecule has 0 rings (SSSR count). The van der Waals surface area contributed by atoms with Gasteiger partial charge < -0.3 is 4.74 Å². The monoisotopic (exact) mass is 212 g/mol. The first-order chi connectivity index (χ1) is 6.93. The van der Waals surface area contributed by atoms with Crippen LogP contribution in [0.2, 0.25) is 0 Å². The maximum atomic E-state index is 11.6. The molecule has 0 saturated heterocycles. The zero-order chi connectivity index (χ0) is 12.0. The summed E-state index contributed by atoms with van der Waals surface area (Å²) in [6.07, 6.45) is 1.08. The normalized spacial score (nSPS) is 12.4. The molecule has 0 aliphatic rings. The van der Waals surface area contributed by atoms with Crippen molar-refractivity contribution in [3.63, 3.8) is 0 Å². The number of hydrogen-bond donors (Lipinski definition) is 0. The van der Waals surface area contributed by atoms with Crippen molar-refractivity contribution < 1.29 is 14.3 Å². The highest BCUT2D eigenvalue weighted by molar-refractivity contribution is 6.17. The Morgan fingerprint density at radius 1 is 1.27 bits per heavy atom. The summed E-state index contributed by atoms with van der Waals surface area (Å²) in [4.78, 5) is 23.0. The molecule has 0 fully saturated rings. The first-order valence-corrected chi connectivity index (χ1v) is 5.25. The quantitative estimate of drug-likeness (QED) is 0.304. The number of carbonyl (C=O) groups is 2. The molecule has 86 valence electrons. The molecule has 0 amide bonds. The molecule has 0 spiro atoms. The highest BCUT2D eigenvalue weighted by atomic mass is 16.5. The van der Waals surface area contributed by atoms with E-state index in [0.717, 1.165) is 12.0 Å². The van der Waals surface area contributed by atoms with Crippen LogP contribution in [-0.4, -0.2) is 18.9 Å². The molecule has 0 aromatic heterocycles. The summed E-state index contributed by atoms with van der Waals surface area (Å²) in [5, 5.41) is 0. The highest BCUT2D eigenvalue weighted by Crippen LogP contribution is 2.17. The fourth-order valence-corrected chi connectivity index (χ4v) is 1.52. The summed E-state index contributed by atoms with van der Waals surface area (Å²) in [5.41, 5.74) is 1.05. The van der Waals surface area contributed by atoms with Gasteiger partial charge in [-0.1, -0.05) is 26.3 Å². The summed E-state index contributed by atoms with van der Waals surface area (Å²) in [6.45, 7) is 7.66.